The van der Waals surface area contributed by atoms with E-state index in [1.807, 2.05) is 0 Å². The zero-order valence-electron chi connectivity index (χ0n) is 6.93. The second-order valence-corrected chi connectivity index (χ2v) is 4.36. The van der Waals surface area contributed by atoms with Gasteiger partial charge in [-0.2, -0.15) is 12.6 Å². The third kappa shape index (κ3) is 2.17. The third-order valence-corrected chi connectivity index (χ3v) is 2.37. The standard InChI is InChI=1S/C8H17NS/c1-8(2)3-4-9(7-8)5-6-10/h10H,3-7H2,1-2H3. The van der Waals surface area contributed by atoms with Crippen LogP contribution in [0.2, 0.25) is 0 Å². The Labute approximate surface area is 69.2 Å². The minimum absolute atomic E-state index is 0.558. The quantitative estimate of drug-likeness (QED) is 0.600. The van der Waals surface area contributed by atoms with Crippen LogP contribution in [0.5, 0.6) is 0 Å². The van der Waals surface area contributed by atoms with Crippen LogP contribution in [-0.2, 0) is 0 Å². The lowest BCUT2D eigenvalue weighted by molar-refractivity contribution is 0.305. The molecule has 0 aromatic rings. The maximum Gasteiger partial charge on any atom is 0.00701 e. The van der Waals surface area contributed by atoms with E-state index in [0.29, 0.717) is 5.41 Å². The Bertz CT molecular complexity index is 112. The van der Waals surface area contributed by atoms with E-state index < -0.39 is 0 Å². The number of rotatable bonds is 2. The molecule has 60 valence electrons. The normalized spacial score (nSPS) is 25.5. The molecule has 1 rings (SSSR count). The van der Waals surface area contributed by atoms with Crippen molar-refractivity contribution in [2.45, 2.75) is 20.3 Å². The van der Waals surface area contributed by atoms with Crippen molar-refractivity contribution in [3.8, 4) is 0 Å². The Kier molecular flexibility index (Phi) is 2.64. The summed E-state index contributed by atoms with van der Waals surface area (Å²) in [6, 6.07) is 0. The molecule has 2 heteroatoms. The van der Waals surface area contributed by atoms with Crippen molar-refractivity contribution in [1.82, 2.24) is 4.90 Å². The minimum atomic E-state index is 0.558. The highest BCUT2D eigenvalue weighted by atomic mass is 32.1. The maximum absolute atomic E-state index is 4.21. The Morgan fingerprint density at radius 2 is 2.20 bits per heavy atom. The van der Waals surface area contributed by atoms with Gasteiger partial charge in [-0.3, -0.25) is 0 Å². The summed E-state index contributed by atoms with van der Waals surface area (Å²) in [6.45, 7) is 8.37. The second kappa shape index (κ2) is 3.14. The van der Waals surface area contributed by atoms with Gasteiger partial charge in [0.2, 0.25) is 0 Å². The number of thiol groups is 1. The van der Waals surface area contributed by atoms with Gasteiger partial charge in [0.1, 0.15) is 0 Å². The molecule has 1 saturated heterocycles. The van der Waals surface area contributed by atoms with Gasteiger partial charge in [0, 0.05) is 18.8 Å². The largest absolute Gasteiger partial charge is 0.302 e. The molecule has 0 spiro atoms. The Hall–Kier alpha value is 0.310. The van der Waals surface area contributed by atoms with Crippen LogP contribution < -0.4 is 0 Å². The van der Waals surface area contributed by atoms with Gasteiger partial charge < -0.3 is 4.90 Å². The number of hydrogen-bond donors (Lipinski definition) is 1. The summed E-state index contributed by atoms with van der Waals surface area (Å²) in [5.41, 5.74) is 0.558. The Balaban J connectivity index is 2.29. The van der Waals surface area contributed by atoms with Crippen molar-refractivity contribution < 1.29 is 0 Å². The average molecular weight is 159 g/mol. The molecule has 1 fully saturated rings. The van der Waals surface area contributed by atoms with E-state index in [0.717, 1.165) is 12.3 Å². The Morgan fingerprint density at radius 3 is 2.60 bits per heavy atom. The van der Waals surface area contributed by atoms with Crippen molar-refractivity contribution in [1.29, 1.82) is 0 Å². The molecule has 1 nitrogen and oxygen atoms in total. The fourth-order valence-electron chi connectivity index (χ4n) is 1.56. The van der Waals surface area contributed by atoms with Gasteiger partial charge in [-0.05, 0) is 18.4 Å². The molecule has 0 saturated carbocycles. The number of nitrogens with zero attached hydrogens (tertiary/aromatic N) is 1. The molecule has 0 aliphatic carbocycles. The lowest BCUT2D eigenvalue weighted by Gasteiger charge is -2.18. The fraction of sp³-hybridized carbons (Fsp3) is 1.00. The summed E-state index contributed by atoms with van der Waals surface area (Å²) in [5.74, 6) is 0.996. The van der Waals surface area contributed by atoms with E-state index in [4.69, 9.17) is 0 Å². The van der Waals surface area contributed by atoms with Gasteiger partial charge in [-0.25, -0.2) is 0 Å². The SMILES string of the molecule is CC1(C)CCN(CCS)C1. The third-order valence-electron chi connectivity index (χ3n) is 2.17. The highest BCUT2D eigenvalue weighted by Gasteiger charge is 2.28. The molecule has 0 aromatic carbocycles. The van der Waals surface area contributed by atoms with Crippen LogP contribution in [0.15, 0.2) is 0 Å². The van der Waals surface area contributed by atoms with E-state index in [-0.39, 0.29) is 0 Å². The van der Waals surface area contributed by atoms with E-state index in [9.17, 15) is 0 Å². The van der Waals surface area contributed by atoms with Crippen LogP contribution in [0.4, 0.5) is 0 Å². The fourth-order valence-corrected chi connectivity index (χ4v) is 1.84. The Morgan fingerprint density at radius 1 is 1.50 bits per heavy atom. The van der Waals surface area contributed by atoms with E-state index in [2.05, 4.69) is 31.4 Å². The van der Waals surface area contributed by atoms with Crippen LogP contribution in [0, 0.1) is 5.41 Å². The first kappa shape index (κ1) is 8.41. The summed E-state index contributed by atoms with van der Waals surface area (Å²) >= 11 is 4.21. The van der Waals surface area contributed by atoms with Gasteiger partial charge in [0.05, 0.1) is 0 Å². The highest BCUT2D eigenvalue weighted by molar-refractivity contribution is 7.80. The molecule has 0 radical (unpaired) electrons. The first-order valence-electron chi connectivity index (χ1n) is 3.97. The number of likely N-dealkylation sites (tertiary alicyclic amines) is 1. The predicted molar refractivity (Wildman–Crippen MR) is 48.7 cm³/mol. The molecule has 0 bridgehead atoms. The van der Waals surface area contributed by atoms with Gasteiger partial charge in [0.25, 0.3) is 0 Å². The van der Waals surface area contributed by atoms with E-state index in [1.54, 1.807) is 0 Å². The maximum atomic E-state index is 4.21. The molecular weight excluding hydrogens is 142 g/mol. The van der Waals surface area contributed by atoms with Gasteiger partial charge in [-0.1, -0.05) is 13.8 Å². The first-order valence-corrected chi connectivity index (χ1v) is 4.60. The molecular formula is C8H17NS. The summed E-state index contributed by atoms with van der Waals surface area (Å²) in [6.07, 6.45) is 1.35. The second-order valence-electron chi connectivity index (χ2n) is 3.91. The molecule has 0 N–H and O–H groups in total. The highest BCUT2D eigenvalue weighted by Crippen LogP contribution is 2.28. The molecule has 0 aromatic heterocycles. The molecule has 1 heterocycles. The zero-order valence-corrected chi connectivity index (χ0v) is 7.82. The molecule has 0 unspecified atom stereocenters. The first-order chi connectivity index (χ1) is 4.64. The summed E-state index contributed by atoms with van der Waals surface area (Å²) in [5, 5.41) is 0. The van der Waals surface area contributed by atoms with Crippen LogP contribution in [-0.4, -0.2) is 30.3 Å². The van der Waals surface area contributed by atoms with Crippen LogP contribution in [0.1, 0.15) is 20.3 Å². The smallest absolute Gasteiger partial charge is 0.00701 e. The van der Waals surface area contributed by atoms with Crippen LogP contribution in [0.3, 0.4) is 0 Å². The summed E-state index contributed by atoms with van der Waals surface area (Å²) in [7, 11) is 0. The monoisotopic (exact) mass is 159 g/mol. The topological polar surface area (TPSA) is 3.24 Å². The van der Waals surface area contributed by atoms with Crippen molar-refractivity contribution in [2.24, 2.45) is 5.41 Å². The molecule has 0 atom stereocenters. The van der Waals surface area contributed by atoms with Crippen LogP contribution in [0.25, 0.3) is 0 Å². The average Bonchev–Trinajstić information content (AvgIpc) is 2.12. The summed E-state index contributed by atoms with van der Waals surface area (Å²) < 4.78 is 0. The van der Waals surface area contributed by atoms with Gasteiger partial charge >= 0.3 is 0 Å². The predicted octanol–water partition coefficient (Wildman–Crippen LogP) is 1.65. The van der Waals surface area contributed by atoms with Crippen molar-refractivity contribution >= 4 is 12.6 Å². The number of hydrogen-bond acceptors (Lipinski definition) is 2. The minimum Gasteiger partial charge on any atom is -0.302 e. The summed E-state index contributed by atoms with van der Waals surface area (Å²) in [4.78, 5) is 2.49. The lowest BCUT2D eigenvalue weighted by atomic mass is 9.93. The van der Waals surface area contributed by atoms with Crippen LogP contribution >= 0.6 is 12.6 Å². The van der Waals surface area contributed by atoms with Crippen molar-refractivity contribution in [3.05, 3.63) is 0 Å². The molecule has 0 amide bonds. The van der Waals surface area contributed by atoms with Gasteiger partial charge in [-0.15, -0.1) is 0 Å². The van der Waals surface area contributed by atoms with Crippen molar-refractivity contribution in [2.75, 3.05) is 25.4 Å². The van der Waals surface area contributed by atoms with Crippen molar-refractivity contribution in [3.63, 3.8) is 0 Å². The molecule has 1 aliphatic heterocycles. The van der Waals surface area contributed by atoms with E-state index in [1.165, 1.54) is 19.5 Å². The lowest BCUT2D eigenvalue weighted by Crippen LogP contribution is -2.25. The molecule has 10 heavy (non-hydrogen) atoms. The van der Waals surface area contributed by atoms with E-state index >= 15 is 0 Å². The molecule has 1 aliphatic rings. The zero-order chi connectivity index (χ0) is 7.61. The van der Waals surface area contributed by atoms with Gasteiger partial charge in [0.15, 0.2) is 0 Å².